The molecule has 1 aromatic rings. The first-order valence-corrected chi connectivity index (χ1v) is 13.0. The summed E-state index contributed by atoms with van der Waals surface area (Å²) in [6.07, 6.45) is 11.6. The molecule has 1 aliphatic carbocycles. The van der Waals surface area contributed by atoms with E-state index in [4.69, 9.17) is 0 Å². The SMILES string of the molecule is CC(C)C1CC(C2(C3CCCCCC3)CCC(c3ccc(C(=O)O)cc3)N2)NN1C(C)C. The van der Waals surface area contributed by atoms with E-state index in [1.807, 2.05) is 12.1 Å². The van der Waals surface area contributed by atoms with Crippen molar-refractivity contribution in [3.63, 3.8) is 0 Å². The fourth-order valence-corrected chi connectivity index (χ4v) is 6.77. The van der Waals surface area contributed by atoms with Crippen LogP contribution in [0.3, 0.4) is 0 Å². The lowest BCUT2D eigenvalue weighted by molar-refractivity contribution is 0.0697. The molecule has 0 spiro atoms. The second-order valence-electron chi connectivity index (χ2n) is 11.1. The Morgan fingerprint density at radius 2 is 1.69 bits per heavy atom. The van der Waals surface area contributed by atoms with Gasteiger partial charge in [0.25, 0.3) is 0 Å². The van der Waals surface area contributed by atoms with Crippen LogP contribution in [-0.4, -0.2) is 39.7 Å². The summed E-state index contributed by atoms with van der Waals surface area (Å²) in [5.74, 6) is 0.472. The molecule has 2 saturated heterocycles. The maximum atomic E-state index is 11.3. The Morgan fingerprint density at radius 1 is 1.03 bits per heavy atom. The molecule has 2 aliphatic heterocycles. The average Bonchev–Trinajstić information content (AvgIpc) is 3.33. The number of hydrogen-bond donors (Lipinski definition) is 3. The second-order valence-corrected chi connectivity index (χ2v) is 11.1. The summed E-state index contributed by atoms with van der Waals surface area (Å²) in [7, 11) is 0. The lowest BCUT2D eigenvalue weighted by Gasteiger charge is -2.44. The number of aromatic carboxylic acids is 1. The monoisotopic (exact) mass is 441 g/mol. The van der Waals surface area contributed by atoms with Gasteiger partial charge < -0.3 is 10.4 Å². The highest BCUT2D eigenvalue weighted by molar-refractivity contribution is 5.87. The molecule has 178 valence electrons. The second kappa shape index (κ2) is 9.82. The number of nitrogens with zero attached hydrogens (tertiary/aromatic N) is 1. The van der Waals surface area contributed by atoms with Crippen LogP contribution in [0.1, 0.15) is 107 Å². The molecule has 5 heteroatoms. The lowest BCUT2D eigenvalue weighted by Crippen LogP contribution is -2.61. The standard InChI is InChI=1S/C27H43N3O2/c1-18(2)24-17-25(29-30(24)19(3)4)27(22-9-7-5-6-8-10-22)16-15-23(28-27)20-11-13-21(14-12-20)26(31)32/h11-14,18-19,22-25,28-29H,5-10,15-17H2,1-4H3,(H,31,32). The van der Waals surface area contributed by atoms with Gasteiger partial charge >= 0.3 is 5.97 Å². The first-order valence-electron chi connectivity index (χ1n) is 13.0. The maximum Gasteiger partial charge on any atom is 0.335 e. The van der Waals surface area contributed by atoms with E-state index in [1.165, 1.54) is 56.9 Å². The number of carbonyl (C=O) groups is 1. The van der Waals surface area contributed by atoms with Crippen molar-refractivity contribution in [2.75, 3.05) is 0 Å². The van der Waals surface area contributed by atoms with Crippen LogP contribution in [0.2, 0.25) is 0 Å². The molecule has 0 bridgehead atoms. The highest BCUT2D eigenvalue weighted by Crippen LogP contribution is 2.47. The van der Waals surface area contributed by atoms with Gasteiger partial charge in [-0.3, -0.25) is 0 Å². The van der Waals surface area contributed by atoms with Crippen LogP contribution in [-0.2, 0) is 0 Å². The van der Waals surface area contributed by atoms with Gasteiger partial charge in [0, 0.05) is 29.7 Å². The zero-order chi connectivity index (χ0) is 22.9. The minimum Gasteiger partial charge on any atom is -0.478 e. The Balaban J connectivity index is 1.62. The Labute approximate surface area is 194 Å². The molecule has 3 aliphatic rings. The molecule has 4 atom stereocenters. The van der Waals surface area contributed by atoms with E-state index in [0.717, 1.165) is 6.42 Å². The average molecular weight is 442 g/mol. The Bertz CT molecular complexity index is 754. The molecule has 0 amide bonds. The van der Waals surface area contributed by atoms with Crippen molar-refractivity contribution < 1.29 is 9.90 Å². The quantitative estimate of drug-likeness (QED) is 0.507. The summed E-state index contributed by atoms with van der Waals surface area (Å²) in [5.41, 5.74) is 5.71. The van der Waals surface area contributed by atoms with Crippen molar-refractivity contribution in [3.05, 3.63) is 35.4 Å². The fraction of sp³-hybridized carbons (Fsp3) is 0.741. The van der Waals surface area contributed by atoms with Crippen molar-refractivity contribution >= 4 is 5.97 Å². The molecular formula is C27H43N3O2. The normalized spacial score (nSPS) is 32.6. The predicted molar refractivity (Wildman–Crippen MR) is 130 cm³/mol. The van der Waals surface area contributed by atoms with Crippen molar-refractivity contribution in [2.45, 2.75) is 115 Å². The number of hydrogen-bond acceptors (Lipinski definition) is 4. The third kappa shape index (κ3) is 4.62. The topological polar surface area (TPSA) is 64.6 Å². The van der Waals surface area contributed by atoms with Crippen molar-refractivity contribution in [1.29, 1.82) is 0 Å². The smallest absolute Gasteiger partial charge is 0.335 e. The number of carboxylic acids is 1. The molecule has 3 fully saturated rings. The predicted octanol–water partition coefficient (Wildman–Crippen LogP) is 5.53. The molecular weight excluding hydrogens is 398 g/mol. The van der Waals surface area contributed by atoms with Gasteiger partial charge in [0.05, 0.1) is 5.56 Å². The van der Waals surface area contributed by atoms with Gasteiger partial charge in [-0.25, -0.2) is 15.2 Å². The van der Waals surface area contributed by atoms with E-state index in [9.17, 15) is 9.90 Å². The van der Waals surface area contributed by atoms with Gasteiger partial charge in [-0.15, -0.1) is 0 Å². The van der Waals surface area contributed by atoms with Gasteiger partial charge in [0.1, 0.15) is 0 Å². The summed E-state index contributed by atoms with van der Waals surface area (Å²) in [6.45, 7) is 9.32. The largest absolute Gasteiger partial charge is 0.478 e. The Kier molecular flexibility index (Phi) is 7.28. The zero-order valence-corrected chi connectivity index (χ0v) is 20.4. The molecule has 3 N–H and O–H groups in total. The molecule has 0 radical (unpaired) electrons. The van der Waals surface area contributed by atoms with Gasteiger partial charge in [-0.1, -0.05) is 51.7 Å². The number of hydrazine groups is 1. The molecule has 2 heterocycles. The van der Waals surface area contributed by atoms with E-state index in [1.54, 1.807) is 12.1 Å². The number of rotatable bonds is 6. The van der Waals surface area contributed by atoms with Crippen molar-refractivity contribution in [2.24, 2.45) is 11.8 Å². The van der Waals surface area contributed by atoms with Crippen LogP contribution < -0.4 is 10.7 Å². The fourth-order valence-electron chi connectivity index (χ4n) is 6.77. The van der Waals surface area contributed by atoms with Crippen LogP contribution in [0.4, 0.5) is 0 Å². The molecule has 0 aromatic heterocycles. The van der Waals surface area contributed by atoms with Crippen LogP contribution in [0.15, 0.2) is 24.3 Å². The van der Waals surface area contributed by atoms with Crippen molar-refractivity contribution in [3.8, 4) is 0 Å². The van der Waals surface area contributed by atoms with Gasteiger partial charge in [0.15, 0.2) is 0 Å². The zero-order valence-electron chi connectivity index (χ0n) is 20.4. The Morgan fingerprint density at radius 3 is 2.22 bits per heavy atom. The van der Waals surface area contributed by atoms with Crippen LogP contribution in [0, 0.1) is 11.8 Å². The van der Waals surface area contributed by atoms with Crippen LogP contribution in [0.25, 0.3) is 0 Å². The molecule has 1 aromatic carbocycles. The number of benzene rings is 1. The van der Waals surface area contributed by atoms with E-state index < -0.39 is 5.97 Å². The van der Waals surface area contributed by atoms with E-state index in [2.05, 4.69) is 43.4 Å². The van der Waals surface area contributed by atoms with Crippen LogP contribution in [0.5, 0.6) is 0 Å². The molecule has 5 nitrogen and oxygen atoms in total. The van der Waals surface area contributed by atoms with E-state index >= 15 is 0 Å². The molecule has 4 rings (SSSR count). The first kappa shape index (κ1) is 23.7. The molecule has 32 heavy (non-hydrogen) atoms. The van der Waals surface area contributed by atoms with Crippen molar-refractivity contribution in [1.82, 2.24) is 15.8 Å². The highest BCUT2D eigenvalue weighted by atomic mass is 16.4. The summed E-state index contributed by atoms with van der Waals surface area (Å²) >= 11 is 0. The third-order valence-electron chi connectivity index (χ3n) is 8.52. The summed E-state index contributed by atoms with van der Waals surface area (Å²) in [4.78, 5) is 11.3. The Hall–Kier alpha value is -1.43. The summed E-state index contributed by atoms with van der Waals surface area (Å²) in [5, 5.41) is 16.0. The summed E-state index contributed by atoms with van der Waals surface area (Å²) < 4.78 is 0. The molecule has 1 saturated carbocycles. The van der Waals surface area contributed by atoms with E-state index in [0.29, 0.717) is 41.6 Å². The third-order valence-corrected chi connectivity index (χ3v) is 8.52. The first-order chi connectivity index (χ1) is 15.3. The molecule has 4 unspecified atom stereocenters. The van der Waals surface area contributed by atoms with Crippen LogP contribution >= 0.6 is 0 Å². The van der Waals surface area contributed by atoms with Gasteiger partial charge in [-0.2, -0.15) is 0 Å². The maximum absolute atomic E-state index is 11.3. The van der Waals surface area contributed by atoms with E-state index in [-0.39, 0.29) is 5.54 Å². The van der Waals surface area contributed by atoms with Gasteiger partial charge in [-0.05, 0) is 75.5 Å². The minimum atomic E-state index is -0.854. The van der Waals surface area contributed by atoms with Gasteiger partial charge in [0.2, 0.25) is 0 Å². The number of carboxylic acid groups (broad SMARTS) is 1. The lowest BCUT2D eigenvalue weighted by atomic mass is 9.71. The minimum absolute atomic E-state index is 0.108. The summed E-state index contributed by atoms with van der Waals surface area (Å²) in [6, 6.07) is 9.35. The highest BCUT2D eigenvalue weighted by Gasteiger charge is 2.53. The number of nitrogens with one attached hydrogen (secondary N) is 2.